The van der Waals surface area contributed by atoms with Gasteiger partial charge in [-0.15, -0.1) is 12.4 Å². The average molecular weight is 333 g/mol. The Bertz CT molecular complexity index is 621. The lowest BCUT2D eigenvalue weighted by Gasteiger charge is -2.15. The molecule has 0 saturated carbocycles. The molecule has 1 amide bonds. The third kappa shape index (κ3) is 5.61. The Kier molecular flexibility index (Phi) is 7.11. The number of rotatable bonds is 5. The highest BCUT2D eigenvalue weighted by molar-refractivity contribution is 5.85. The number of anilines is 1. The second kappa shape index (κ2) is 8.59. The Balaban J connectivity index is 0.00000264. The molecule has 1 unspecified atom stereocenters. The minimum absolute atomic E-state index is 0. The SMILES string of the molecule is CC(C)c1ccc(C(C)NC(=O)Cc2ccc(N)cc2)cc1.Cl. The topological polar surface area (TPSA) is 55.1 Å². The van der Waals surface area contributed by atoms with Crippen molar-refractivity contribution in [1.29, 1.82) is 0 Å². The van der Waals surface area contributed by atoms with Gasteiger partial charge in [0, 0.05) is 5.69 Å². The number of amides is 1. The number of hydrogen-bond donors (Lipinski definition) is 2. The highest BCUT2D eigenvalue weighted by atomic mass is 35.5. The number of nitrogens with two attached hydrogens (primary N) is 1. The Hall–Kier alpha value is -2.00. The molecule has 0 bridgehead atoms. The van der Waals surface area contributed by atoms with Gasteiger partial charge in [0.05, 0.1) is 12.5 Å². The molecule has 0 aliphatic carbocycles. The summed E-state index contributed by atoms with van der Waals surface area (Å²) < 4.78 is 0. The lowest BCUT2D eigenvalue weighted by Crippen LogP contribution is -2.28. The largest absolute Gasteiger partial charge is 0.399 e. The van der Waals surface area contributed by atoms with Gasteiger partial charge in [0.1, 0.15) is 0 Å². The molecule has 0 heterocycles. The van der Waals surface area contributed by atoms with E-state index < -0.39 is 0 Å². The van der Waals surface area contributed by atoms with Gasteiger partial charge in [0.15, 0.2) is 0 Å². The molecule has 3 N–H and O–H groups in total. The van der Waals surface area contributed by atoms with E-state index in [1.54, 1.807) is 0 Å². The van der Waals surface area contributed by atoms with Crippen LogP contribution in [0, 0.1) is 0 Å². The van der Waals surface area contributed by atoms with Crippen molar-refractivity contribution in [2.75, 3.05) is 5.73 Å². The van der Waals surface area contributed by atoms with Crippen molar-refractivity contribution in [1.82, 2.24) is 5.32 Å². The van der Waals surface area contributed by atoms with Crippen molar-refractivity contribution in [3.05, 3.63) is 65.2 Å². The molecule has 0 aromatic heterocycles. The smallest absolute Gasteiger partial charge is 0.224 e. The fourth-order valence-corrected chi connectivity index (χ4v) is 2.37. The summed E-state index contributed by atoms with van der Waals surface area (Å²) in [5.74, 6) is 0.537. The van der Waals surface area contributed by atoms with Gasteiger partial charge >= 0.3 is 0 Å². The number of halogens is 1. The van der Waals surface area contributed by atoms with E-state index in [0.29, 0.717) is 18.0 Å². The third-order valence-electron chi connectivity index (χ3n) is 3.83. The molecule has 2 aromatic carbocycles. The Labute approximate surface area is 144 Å². The van der Waals surface area contributed by atoms with Crippen LogP contribution in [0.1, 0.15) is 49.4 Å². The highest BCUT2D eigenvalue weighted by Crippen LogP contribution is 2.18. The number of hydrogen-bond acceptors (Lipinski definition) is 2. The van der Waals surface area contributed by atoms with Crippen LogP contribution in [0.2, 0.25) is 0 Å². The lowest BCUT2D eigenvalue weighted by atomic mass is 9.99. The Morgan fingerprint density at radius 1 is 0.957 bits per heavy atom. The molecular formula is C19H25ClN2O. The maximum atomic E-state index is 12.1. The van der Waals surface area contributed by atoms with E-state index >= 15 is 0 Å². The van der Waals surface area contributed by atoms with Gasteiger partial charge < -0.3 is 11.1 Å². The maximum absolute atomic E-state index is 12.1. The zero-order valence-electron chi connectivity index (χ0n) is 13.9. The van der Waals surface area contributed by atoms with E-state index in [2.05, 4.69) is 43.4 Å². The van der Waals surface area contributed by atoms with E-state index in [9.17, 15) is 4.79 Å². The minimum atomic E-state index is 0. The van der Waals surface area contributed by atoms with Gasteiger partial charge in [-0.3, -0.25) is 4.79 Å². The maximum Gasteiger partial charge on any atom is 0.224 e. The molecule has 3 nitrogen and oxygen atoms in total. The van der Waals surface area contributed by atoms with Gasteiger partial charge in [0.25, 0.3) is 0 Å². The van der Waals surface area contributed by atoms with Crippen molar-refractivity contribution in [3.63, 3.8) is 0 Å². The first-order valence-corrected chi connectivity index (χ1v) is 7.69. The van der Waals surface area contributed by atoms with Gasteiger partial charge in [0.2, 0.25) is 5.91 Å². The standard InChI is InChI=1S/C19H24N2O.ClH/c1-13(2)16-6-8-17(9-7-16)14(3)21-19(22)12-15-4-10-18(20)11-5-15;/h4-11,13-14H,12,20H2,1-3H3,(H,21,22);1H. The van der Waals surface area contributed by atoms with Crippen LogP contribution in [0.25, 0.3) is 0 Å². The monoisotopic (exact) mass is 332 g/mol. The van der Waals surface area contributed by atoms with Crippen LogP contribution < -0.4 is 11.1 Å². The summed E-state index contributed by atoms with van der Waals surface area (Å²) in [6, 6.07) is 15.8. The number of nitrogens with one attached hydrogen (secondary N) is 1. The fraction of sp³-hybridized carbons (Fsp3) is 0.316. The zero-order valence-corrected chi connectivity index (χ0v) is 14.7. The molecule has 4 heteroatoms. The van der Waals surface area contributed by atoms with Gasteiger partial charge in [-0.05, 0) is 41.7 Å². The van der Waals surface area contributed by atoms with Crippen LogP contribution in [-0.4, -0.2) is 5.91 Å². The summed E-state index contributed by atoms with van der Waals surface area (Å²) in [6.07, 6.45) is 0.370. The molecule has 0 aliphatic heterocycles. The molecule has 0 spiro atoms. The van der Waals surface area contributed by atoms with Crippen LogP contribution in [0.4, 0.5) is 5.69 Å². The summed E-state index contributed by atoms with van der Waals surface area (Å²) in [5, 5.41) is 3.04. The molecule has 2 aromatic rings. The van der Waals surface area contributed by atoms with E-state index in [-0.39, 0.29) is 24.4 Å². The van der Waals surface area contributed by atoms with Crippen molar-refractivity contribution in [3.8, 4) is 0 Å². The normalized spacial score (nSPS) is 11.7. The second-order valence-corrected chi connectivity index (χ2v) is 6.03. The zero-order chi connectivity index (χ0) is 16.1. The van der Waals surface area contributed by atoms with Gasteiger partial charge in [-0.1, -0.05) is 50.2 Å². The first-order valence-electron chi connectivity index (χ1n) is 7.69. The summed E-state index contributed by atoms with van der Waals surface area (Å²) >= 11 is 0. The predicted molar refractivity (Wildman–Crippen MR) is 98.9 cm³/mol. The predicted octanol–water partition coefficient (Wildman–Crippen LogP) is 4.23. The molecular weight excluding hydrogens is 308 g/mol. The van der Waals surface area contributed by atoms with Crippen molar-refractivity contribution < 1.29 is 4.79 Å². The summed E-state index contributed by atoms with van der Waals surface area (Å²) in [4.78, 5) is 12.1. The molecule has 0 radical (unpaired) electrons. The number of benzene rings is 2. The van der Waals surface area contributed by atoms with Crippen LogP contribution in [-0.2, 0) is 11.2 Å². The molecule has 1 atom stereocenters. The summed E-state index contributed by atoms with van der Waals surface area (Å²) in [6.45, 7) is 6.35. The molecule has 2 rings (SSSR count). The molecule has 0 fully saturated rings. The lowest BCUT2D eigenvalue weighted by molar-refractivity contribution is -0.121. The van der Waals surface area contributed by atoms with E-state index in [0.717, 1.165) is 11.1 Å². The summed E-state index contributed by atoms with van der Waals surface area (Å²) in [7, 11) is 0. The first-order chi connectivity index (χ1) is 10.5. The minimum Gasteiger partial charge on any atom is -0.399 e. The molecule has 0 aliphatic rings. The van der Waals surface area contributed by atoms with Crippen LogP contribution >= 0.6 is 12.4 Å². The quantitative estimate of drug-likeness (QED) is 0.805. The average Bonchev–Trinajstić information content (AvgIpc) is 2.49. The second-order valence-electron chi connectivity index (χ2n) is 6.03. The number of carbonyl (C=O) groups is 1. The van der Waals surface area contributed by atoms with E-state index in [1.807, 2.05) is 31.2 Å². The summed E-state index contributed by atoms with van der Waals surface area (Å²) in [5.41, 5.74) is 9.75. The van der Waals surface area contributed by atoms with Crippen LogP contribution in [0.3, 0.4) is 0 Å². The van der Waals surface area contributed by atoms with Crippen molar-refractivity contribution >= 4 is 24.0 Å². The number of nitrogen functional groups attached to an aromatic ring is 1. The van der Waals surface area contributed by atoms with E-state index in [4.69, 9.17) is 5.73 Å². The van der Waals surface area contributed by atoms with Gasteiger partial charge in [-0.2, -0.15) is 0 Å². The highest BCUT2D eigenvalue weighted by Gasteiger charge is 2.10. The Morgan fingerprint density at radius 2 is 1.48 bits per heavy atom. The van der Waals surface area contributed by atoms with Crippen molar-refractivity contribution in [2.45, 2.75) is 39.2 Å². The van der Waals surface area contributed by atoms with E-state index in [1.165, 1.54) is 5.56 Å². The first kappa shape index (κ1) is 19.0. The Morgan fingerprint density at radius 3 is 2.00 bits per heavy atom. The number of carbonyl (C=O) groups excluding carboxylic acids is 1. The van der Waals surface area contributed by atoms with Gasteiger partial charge in [-0.25, -0.2) is 0 Å². The molecule has 23 heavy (non-hydrogen) atoms. The van der Waals surface area contributed by atoms with Crippen LogP contribution in [0.15, 0.2) is 48.5 Å². The van der Waals surface area contributed by atoms with Crippen LogP contribution in [0.5, 0.6) is 0 Å². The third-order valence-corrected chi connectivity index (χ3v) is 3.83. The molecule has 0 saturated heterocycles. The fourth-order valence-electron chi connectivity index (χ4n) is 2.37. The van der Waals surface area contributed by atoms with Crippen molar-refractivity contribution in [2.24, 2.45) is 0 Å². The molecule has 124 valence electrons.